The lowest BCUT2D eigenvalue weighted by molar-refractivity contribution is -0.120. The third-order valence-electron chi connectivity index (χ3n) is 4.12. The van der Waals surface area contributed by atoms with Gasteiger partial charge >= 0.3 is 0 Å². The molecule has 2 aromatic rings. The Morgan fingerprint density at radius 2 is 2.30 bits per heavy atom. The van der Waals surface area contributed by atoms with Gasteiger partial charge in [-0.1, -0.05) is 12.1 Å². The van der Waals surface area contributed by atoms with Crippen LogP contribution in [0.4, 0.5) is 0 Å². The third-order valence-corrected chi connectivity index (χ3v) is 4.12. The van der Waals surface area contributed by atoms with Gasteiger partial charge in [-0.25, -0.2) is 4.98 Å². The summed E-state index contributed by atoms with van der Waals surface area (Å²) in [5.74, 6) is 0.993. The highest BCUT2D eigenvalue weighted by Crippen LogP contribution is 2.33. The number of fused-ring (bicyclic) bond motifs is 1. The molecule has 1 amide bonds. The van der Waals surface area contributed by atoms with Crippen LogP contribution in [0.15, 0.2) is 36.9 Å². The van der Waals surface area contributed by atoms with Crippen LogP contribution in [0.3, 0.4) is 0 Å². The van der Waals surface area contributed by atoms with Gasteiger partial charge in [0.1, 0.15) is 11.4 Å². The number of nitrogens with zero attached hydrogens (tertiary/aromatic N) is 2. The van der Waals surface area contributed by atoms with Crippen LogP contribution in [0.25, 0.3) is 0 Å². The van der Waals surface area contributed by atoms with Crippen LogP contribution in [0.1, 0.15) is 31.4 Å². The summed E-state index contributed by atoms with van der Waals surface area (Å²) < 4.78 is 7.92. The second kappa shape index (κ2) is 6.44. The molecule has 0 saturated heterocycles. The number of rotatable bonds is 5. The number of carbonyl (C=O) groups excluding carboxylic acids is 1. The molecule has 0 atom stereocenters. The summed E-state index contributed by atoms with van der Waals surface area (Å²) in [7, 11) is 0. The maximum absolute atomic E-state index is 12.0. The highest BCUT2D eigenvalue weighted by Gasteiger charge is 2.26. The fourth-order valence-electron chi connectivity index (χ4n) is 2.81. The minimum Gasteiger partial charge on any atom is -0.488 e. The number of hydrogen-bond acceptors (Lipinski definition) is 3. The molecule has 2 heterocycles. The van der Waals surface area contributed by atoms with Crippen molar-refractivity contribution in [2.75, 3.05) is 6.54 Å². The Kier molecular flexibility index (Phi) is 4.37. The van der Waals surface area contributed by atoms with Crippen molar-refractivity contribution in [2.45, 2.75) is 45.3 Å². The first-order valence-electron chi connectivity index (χ1n) is 8.05. The SMILES string of the molecule is CC1(C)CCc2cc(CC(=O)NCCn3ccnc3)ccc2O1. The second-order valence-corrected chi connectivity index (χ2v) is 6.63. The Balaban J connectivity index is 1.53. The molecule has 122 valence electrons. The van der Waals surface area contributed by atoms with Gasteiger partial charge in [-0.3, -0.25) is 4.79 Å². The Morgan fingerprint density at radius 3 is 3.09 bits per heavy atom. The molecule has 1 N–H and O–H groups in total. The molecule has 0 bridgehead atoms. The molecule has 0 spiro atoms. The van der Waals surface area contributed by atoms with Gasteiger partial charge in [0.2, 0.25) is 5.91 Å². The van der Waals surface area contributed by atoms with E-state index in [1.54, 1.807) is 12.5 Å². The van der Waals surface area contributed by atoms with Crippen molar-refractivity contribution in [3.8, 4) is 5.75 Å². The predicted molar refractivity (Wildman–Crippen MR) is 88.4 cm³/mol. The molecule has 1 aromatic carbocycles. The van der Waals surface area contributed by atoms with E-state index >= 15 is 0 Å². The van der Waals surface area contributed by atoms with E-state index in [1.165, 1.54) is 5.56 Å². The van der Waals surface area contributed by atoms with Gasteiger partial charge < -0.3 is 14.6 Å². The summed E-state index contributed by atoms with van der Waals surface area (Å²) in [5, 5.41) is 2.94. The number of aromatic nitrogens is 2. The Hall–Kier alpha value is -2.30. The van der Waals surface area contributed by atoms with E-state index in [2.05, 4.69) is 30.2 Å². The maximum Gasteiger partial charge on any atom is 0.224 e. The molecular weight excluding hydrogens is 290 g/mol. The van der Waals surface area contributed by atoms with Crippen molar-refractivity contribution >= 4 is 5.91 Å². The number of ether oxygens (including phenoxy) is 1. The van der Waals surface area contributed by atoms with Gasteiger partial charge in [0.05, 0.1) is 12.7 Å². The zero-order valence-corrected chi connectivity index (χ0v) is 13.7. The Bertz CT molecular complexity index is 678. The average molecular weight is 313 g/mol. The van der Waals surface area contributed by atoms with Gasteiger partial charge in [0.15, 0.2) is 0 Å². The zero-order valence-electron chi connectivity index (χ0n) is 13.7. The Labute approximate surface area is 136 Å². The van der Waals surface area contributed by atoms with Crippen LogP contribution >= 0.6 is 0 Å². The van der Waals surface area contributed by atoms with Gasteiger partial charge in [-0.05, 0) is 43.9 Å². The molecule has 5 nitrogen and oxygen atoms in total. The third kappa shape index (κ3) is 4.12. The normalized spacial score (nSPS) is 15.6. The molecule has 0 radical (unpaired) electrons. The first-order chi connectivity index (χ1) is 11.0. The average Bonchev–Trinajstić information content (AvgIpc) is 3.00. The highest BCUT2D eigenvalue weighted by atomic mass is 16.5. The lowest BCUT2D eigenvalue weighted by atomic mass is 9.93. The topological polar surface area (TPSA) is 56.2 Å². The van der Waals surface area contributed by atoms with Gasteiger partial charge in [0.25, 0.3) is 0 Å². The van der Waals surface area contributed by atoms with Gasteiger partial charge in [-0.2, -0.15) is 0 Å². The number of imidazole rings is 1. The van der Waals surface area contributed by atoms with Crippen LogP contribution in [-0.2, 0) is 24.2 Å². The fraction of sp³-hybridized carbons (Fsp3) is 0.444. The first kappa shape index (κ1) is 15.6. The van der Waals surface area contributed by atoms with Crippen LogP contribution in [0, 0.1) is 0 Å². The van der Waals surface area contributed by atoms with E-state index in [-0.39, 0.29) is 11.5 Å². The van der Waals surface area contributed by atoms with Crippen LogP contribution in [0.5, 0.6) is 5.75 Å². The predicted octanol–water partition coefficient (Wildman–Crippen LogP) is 2.35. The molecule has 1 aliphatic heterocycles. The Morgan fingerprint density at radius 1 is 1.43 bits per heavy atom. The van der Waals surface area contributed by atoms with Crippen molar-refractivity contribution in [2.24, 2.45) is 0 Å². The lowest BCUT2D eigenvalue weighted by Crippen LogP contribution is -2.32. The maximum atomic E-state index is 12.0. The summed E-state index contributed by atoms with van der Waals surface area (Å²) in [4.78, 5) is 16.0. The van der Waals surface area contributed by atoms with Crippen molar-refractivity contribution in [1.82, 2.24) is 14.9 Å². The van der Waals surface area contributed by atoms with E-state index < -0.39 is 0 Å². The monoisotopic (exact) mass is 313 g/mol. The molecular formula is C18H23N3O2. The summed E-state index contributed by atoms with van der Waals surface area (Å²) in [6.45, 7) is 5.56. The number of nitrogens with one attached hydrogen (secondary N) is 1. The summed E-state index contributed by atoms with van der Waals surface area (Å²) in [6, 6.07) is 6.07. The molecule has 0 unspecified atom stereocenters. The molecule has 3 rings (SSSR count). The molecule has 1 aliphatic rings. The van der Waals surface area contributed by atoms with Gasteiger partial charge in [-0.15, -0.1) is 0 Å². The van der Waals surface area contributed by atoms with Crippen LogP contribution in [0.2, 0.25) is 0 Å². The van der Waals surface area contributed by atoms with Crippen LogP contribution < -0.4 is 10.1 Å². The van der Waals surface area contributed by atoms with Crippen molar-refractivity contribution in [3.63, 3.8) is 0 Å². The number of aryl methyl sites for hydroxylation is 1. The fourth-order valence-corrected chi connectivity index (χ4v) is 2.81. The van der Waals surface area contributed by atoms with E-state index in [0.717, 1.165) is 30.7 Å². The summed E-state index contributed by atoms with van der Waals surface area (Å²) >= 11 is 0. The molecule has 0 saturated carbocycles. The van der Waals surface area contributed by atoms with Crippen molar-refractivity contribution < 1.29 is 9.53 Å². The molecule has 0 fully saturated rings. The standard InChI is InChI=1S/C18H23N3O2/c1-18(2)6-5-15-11-14(3-4-16(15)23-18)12-17(22)20-8-10-21-9-7-19-13-21/h3-4,7,9,11,13H,5-6,8,10,12H2,1-2H3,(H,20,22). The molecule has 1 aromatic heterocycles. The first-order valence-corrected chi connectivity index (χ1v) is 8.05. The lowest BCUT2D eigenvalue weighted by Gasteiger charge is -2.32. The van der Waals surface area contributed by atoms with Gasteiger partial charge in [0, 0.05) is 25.5 Å². The van der Waals surface area contributed by atoms with Crippen molar-refractivity contribution in [3.05, 3.63) is 48.0 Å². The number of hydrogen-bond donors (Lipinski definition) is 1. The number of benzene rings is 1. The zero-order chi connectivity index (χ0) is 16.3. The molecule has 23 heavy (non-hydrogen) atoms. The molecule has 0 aliphatic carbocycles. The quantitative estimate of drug-likeness (QED) is 0.922. The number of carbonyl (C=O) groups is 1. The summed E-state index contributed by atoms with van der Waals surface area (Å²) in [6.07, 6.45) is 7.77. The van der Waals surface area contributed by atoms with Crippen LogP contribution in [-0.4, -0.2) is 27.6 Å². The minimum absolute atomic E-state index is 0.0436. The van der Waals surface area contributed by atoms with E-state index in [1.807, 2.05) is 22.9 Å². The summed E-state index contributed by atoms with van der Waals surface area (Å²) in [5.41, 5.74) is 2.14. The minimum atomic E-state index is -0.0980. The van der Waals surface area contributed by atoms with E-state index in [4.69, 9.17) is 4.74 Å². The molecule has 5 heteroatoms. The van der Waals surface area contributed by atoms with E-state index in [9.17, 15) is 4.79 Å². The highest BCUT2D eigenvalue weighted by molar-refractivity contribution is 5.78. The largest absolute Gasteiger partial charge is 0.488 e. The van der Waals surface area contributed by atoms with E-state index in [0.29, 0.717) is 13.0 Å². The van der Waals surface area contributed by atoms with Crippen molar-refractivity contribution in [1.29, 1.82) is 0 Å². The second-order valence-electron chi connectivity index (χ2n) is 6.63. The smallest absolute Gasteiger partial charge is 0.224 e. The number of amides is 1.